The van der Waals surface area contributed by atoms with E-state index in [0.29, 0.717) is 24.0 Å². The van der Waals surface area contributed by atoms with Crippen molar-refractivity contribution in [2.75, 3.05) is 7.11 Å². The summed E-state index contributed by atoms with van der Waals surface area (Å²) in [5, 5.41) is 30.7. The van der Waals surface area contributed by atoms with E-state index in [4.69, 9.17) is 9.84 Å². The largest absolute Gasteiger partial charge is 0.501 e. The van der Waals surface area contributed by atoms with Gasteiger partial charge >= 0.3 is 13.1 Å². The van der Waals surface area contributed by atoms with E-state index in [1.54, 1.807) is 31.4 Å². The molecule has 1 aliphatic rings. The van der Waals surface area contributed by atoms with Gasteiger partial charge in [0.1, 0.15) is 0 Å². The van der Waals surface area contributed by atoms with Crippen molar-refractivity contribution in [2.45, 2.75) is 38.0 Å². The van der Waals surface area contributed by atoms with Crippen LogP contribution in [0.1, 0.15) is 41.6 Å². The summed E-state index contributed by atoms with van der Waals surface area (Å²) in [7, 11) is -0.261. The number of benzene rings is 1. The topological polar surface area (TPSA) is 133 Å². The zero-order valence-corrected chi connectivity index (χ0v) is 16.1. The number of carbonyl (C=O) groups excluding carboxylic acids is 2. The summed E-state index contributed by atoms with van der Waals surface area (Å²) >= 11 is 0. The summed E-state index contributed by atoms with van der Waals surface area (Å²) in [5.41, 5.74) is 1.23. The second-order valence-electron chi connectivity index (χ2n) is 6.75. The Labute approximate surface area is 169 Å². The third-order valence-corrected chi connectivity index (χ3v) is 4.65. The molecule has 0 spiro atoms. The Morgan fingerprint density at radius 2 is 1.93 bits per heavy atom. The summed E-state index contributed by atoms with van der Waals surface area (Å²) in [6.45, 7) is 0. The van der Waals surface area contributed by atoms with Gasteiger partial charge in [-0.3, -0.25) is 9.59 Å². The minimum atomic E-state index is -1.83. The molecule has 1 atom stereocenters. The molecule has 4 N–H and O–H groups in total. The number of nitrogens with one attached hydrogen (secondary N) is 1. The molecule has 0 fully saturated rings. The van der Waals surface area contributed by atoms with E-state index < -0.39 is 24.9 Å². The fourth-order valence-electron chi connectivity index (χ4n) is 3.00. The lowest BCUT2D eigenvalue weighted by molar-refractivity contribution is -0.124. The predicted molar refractivity (Wildman–Crippen MR) is 106 cm³/mol. The molecule has 1 aromatic rings. The van der Waals surface area contributed by atoms with Crippen molar-refractivity contribution in [3.63, 3.8) is 0 Å². The molecule has 0 bridgehead atoms. The highest BCUT2D eigenvalue weighted by molar-refractivity contribution is 6.43. The number of carboxylic acid groups (broad SMARTS) is 1. The minimum absolute atomic E-state index is 0.0105. The van der Waals surface area contributed by atoms with Crippen LogP contribution in [0.5, 0.6) is 0 Å². The van der Waals surface area contributed by atoms with E-state index in [2.05, 4.69) is 5.32 Å². The number of rotatable bonds is 10. The molecular weight excluding hydrogens is 377 g/mol. The number of ether oxygens (including phenoxy) is 1. The van der Waals surface area contributed by atoms with Crippen molar-refractivity contribution < 1.29 is 34.3 Å². The third-order valence-electron chi connectivity index (χ3n) is 4.65. The lowest BCUT2D eigenvalue weighted by Gasteiger charge is -2.18. The van der Waals surface area contributed by atoms with Crippen LogP contribution < -0.4 is 5.32 Å². The highest BCUT2D eigenvalue weighted by atomic mass is 16.5. The second-order valence-corrected chi connectivity index (χ2v) is 6.75. The van der Waals surface area contributed by atoms with E-state index in [1.165, 1.54) is 12.1 Å². The number of allylic oxidation sites excluding steroid dienone is 4. The quantitative estimate of drug-likeness (QED) is 0.430. The van der Waals surface area contributed by atoms with Crippen molar-refractivity contribution >= 4 is 24.8 Å². The SMILES string of the molecule is COC1=CC=C(C(=O)CCC(=O)NC(Cc2cccc(C(=O)O)c2)B(O)O)CC1. The van der Waals surface area contributed by atoms with Crippen molar-refractivity contribution in [1.29, 1.82) is 0 Å². The molecule has 154 valence electrons. The van der Waals surface area contributed by atoms with Crippen LogP contribution in [-0.2, 0) is 20.7 Å². The van der Waals surface area contributed by atoms with Crippen LogP contribution in [0.2, 0.25) is 0 Å². The molecule has 9 heteroatoms. The molecule has 0 aromatic heterocycles. The Morgan fingerprint density at radius 3 is 2.52 bits per heavy atom. The summed E-state index contributed by atoms with van der Waals surface area (Å²) in [4.78, 5) is 35.5. The number of carboxylic acids is 1. The van der Waals surface area contributed by atoms with Crippen molar-refractivity contribution in [3.8, 4) is 0 Å². The van der Waals surface area contributed by atoms with Crippen molar-refractivity contribution in [2.24, 2.45) is 0 Å². The van der Waals surface area contributed by atoms with E-state index in [9.17, 15) is 24.4 Å². The Balaban J connectivity index is 1.90. The van der Waals surface area contributed by atoms with Gasteiger partial charge in [0, 0.05) is 19.3 Å². The fraction of sp³-hybridized carbons (Fsp3) is 0.350. The lowest BCUT2D eigenvalue weighted by Crippen LogP contribution is -2.48. The van der Waals surface area contributed by atoms with Crippen LogP contribution >= 0.6 is 0 Å². The van der Waals surface area contributed by atoms with E-state index in [-0.39, 0.29) is 30.6 Å². The standard InChI is InChI=1S/C20H24BNO7/c1-29-16-7-5-14(6-8-16)17(23)9-10-19(24)22-18(21(27)28)12-13-3-2-4-15(11-13)20(25)26/h2-5,7,11,18,27-28H,6,8-10,12H2,1H3,(H,22,24)(H,25,26). The smallest absolute Gasteiger partial charge is 0.475 e. The number of ketones is 1. The predicted octanol–water partition coefficient (Wildman–Crippen LogP) is 1.02. The van der Waals surface area contributed by atoms with Gasteiger partial charge in [-0.1, -0.05) is 18.2 Å². The van der Waals surface area contributed by atoms with Crippen LogP contribution in [0, 0.1) is 0 Å². The van der Waals surface area contributed by atoms with Gasteiger partial charge in [0.25, 0.3) is 0 Å². The average molecular weight is 401 g/mol. The molecule has 1 amide bonds. The van der Waals surface area contributed by atoms with Crippen LogP contribution in [-0.4, -0.2) is 53.0 Å². The van der Waals surface area contributed by atoms with Crippen LogP contribution in [0.3, 0.4) is 0 Å². The van der Waals surface area contributed by atoms with Gasteiger partial charge in [-0.25, -0.2) is 4.79 Å². The Kier molecular flexibility index (Phi) is 8.17. The first-order valence-corrected chi connectivity index (χ1v) is 9.24. The maximum atomic E-state index is 12.2. The highest BCUT2D eigenvalue weighted by Crippen LogP contribution is 2.20. The molecule has 8 nitrogen and oxygen atoms in total. The maximum Gasteiger partial charge on any atom is 0.475 e. The zero-order chi connectivity index (χ0) is 21.4. The molecule has 1 unspecified atom stereocenters. The number of hydrogen-bond donors (Lipinski definition) is 4. The first kappa shape index (κ1) is 22.4. The third kappa shape index (κ3) is 6.88. The summed E-state index contributed by atoms with van der Waals surface area (Å²) in [6, 6.07) is 6.01. The maximum absolute atomic E-state index is 12.2. The Bertz CT molecular complexity index is 832. The Hall–Kier alpha value is -2.91. The Morgan fingerprint density at radius 1 is 1.17 bits per heavy atom. The van der Waals surface area contributed by atoms with Crippen LogP contribution in [0.25, 0.3) is 0 Å². The molecule has 0 saturated carbocycles. The summed E-state index contributed by atoms with van der Waals surface area (Å²) < 4.78 is 5.11. The molecule has 0 radical (unpaired) electrons. The summed E-state index contributed by atoms with van der Waals surface area (Å²) in [6.07, 6.45) is 4.57. The van der Waals surface area contributed by atoms with Gasteiger partial charge in [-0.15, -0.1) is 0 Å². The van der Waals surface area contributed by atoms with E-state index >= 15 is 0 Å². The number of amides is 1. The van der Waals surface area contributed by atoms with Gasteiger partial charge in [-0.2, -0.15) is 0 Å². The number of aromatic carboxylic acids is 1. The molecule has 0 heterocycles. The molecule has 0 saturated heterocycles. The van der Waals surface area contributed by atoms with Gasteiger partial charge in [0.15, 0.2) is 5.78 Å². The summed E-state index contributed by atoms with van der Waals surface area (Å²) in [5.74, 6) is -1.95. The zero-order valence-electron chi connectivity index (χ0n) is 16.1. The van der Waals surface area contributed by atoms with Crippen molar-refractivity contribution in [3.05, 3.63) is 58.9 Å². The van der Waals surface area contributed by atoms with Gasteiger partial charge in [0.2, 0.25) is 5.91 Å². The molecule has 29 heavy (non-hydrogen) atoms. The van der Waals surface area contributed by atoms with Gasteiger partial charge < -0.3 is 25.2 Å². The minimum Gasteiger partial charge on any atom is -0.501 e. The average Bonchev–Trinajstić information content (AvgIpc) is 2.71. The van der Waals surface area contributed by atoms with Crippen LogP contribution in [0.4, 0.5) is 0 Å². The molecule has 1 aromatic carbocycles. The molecule has 2 rings (SSSR count). The number of methoxy groups -OCH3 is 1. The molecular formula is C20H24BNO7. The monoisotopic (exact) mass is 401 g/mol. The number of Topliss-reactive ketones (excluding diaryl/α,β-unsaturated/α-hetero) is 1. The van der Waals surface area contributed by atoms with Crippen molar-refractivity contribution in [1.82, 2.24) is 5.32 Å². The van der Waals surface area contributed by atoms with Gasteiger partial charge in [-0.05, 0) is 42.2 Å². The second kappa shape index (κ2) is 10.6. The van der Waals surface area contributed by atoms with Crippen LogP contribution in [0.15, 0.2) is 47.7 Å². The lowest BCUT2D eigenvalue weighted by atomic mass is 9.75. The number of carbonyl (C=O) groups is 3. The molecule has 0 aliphatic heterocycles. The highest BCUT2D eigenvalue weighted by Gasteiger charge is 2.26. The number of hydrogen-bond acceptors (Lipinski definition) is 6. The van der Waals surface area contributed by atoms with E-state index in [0.717, 1.165) is 5.76 Å². The molecule has 1 aliphatic carbocycles. The fourth-order valence-corrected chi connectivity index (χ4v) is 3.00. The van der Waals surface area contributed by atoms with E-state index in [1.807, 2.05) is 0 Å². The first-order chi connectivity index (χ1) is 13.8. The first-order valence-electron chi connectivity index (χ1n) is 9.24. The normalized spacial score (nSPS) is 14.3. The van der Waals surface area contributed by atoms with Gasteiger partial charge in [0.05, 0.1) is 24.4 Å².